The molecule has 34 heavy (non-hydrogen) atoms. The third-order valence-electron chi connectivity index (χ3n) is 5.23. The Labute approximate surface area is 207 Å². The van der Waals surface area contributed by atoms with E-state index in [1.807, 2.05) is 85.6 Å². The van der Waals surface area contributed by atoms with Crippen LogP contribution in [-0.4, -0.2) is 32.3 Å². The summed E-state index contributed by atoms with van der Waals surface area (Å²) in [4.78, 5) is 9.22. The van der Waals surface area contributed by atoms with Crippen LogP contribution in [-0.2, 0) is 14.1 Å². The lowest BCUT2D eigenvalue weighted by Crippen LogP contribution is -1.98. The third kappa shape index (κ3) is 4.83. The molecule has 0 atom stereocenters. The second-order valence-corrected chi connectivity index (χ2v) is 9.55. The van der Waals surface area contributed by atoms with Crippen LogP contribution < -0.4 is 20.9 Å². The minimum atomic E-state index is 0.447. The summed E-state index contributed by atoms with van der Waals surface area (Å²) in [6.45, 7) is 5.18. The Hall–Kier alpha value is -3.24. The molecule has 0 fully saturated rings. The highest BCUT2D eigenvalue weighted by atomic mass is 33.1. The topological polar surface area (TPSA) is 106 Å². The Bertz CT molecular complexity index is 1170. The van der Waals surface area contributed by atoms with E-state index < -0.39 is 0 Å². The van der Waals surface area contributed by atoms with Gasteiger partial charge >= 0.3 is 0 Å². The van der Waals surface area contributed by atoms with E-state index in [9.17, 15) is 0 Å². The van der Waals surface area contributed by atoms with Crippen LogP contribution in [0.25, 0.3) is 22.5 Å². The smallest absolute Gasteiger partial charge is 0.201 e. The van der Waals surface area contributed by atoms with E-state index in [2.05, 4.69) is 9.97 Å². The number of nitrogens with zero attached hydrogens (tertiary/aromatic N) is 4. The minimum absolute atomic E-state index is 0.447. The summed E-state index contributed by atoms with van der Waals surface area (Å²) >= 11 is 0. The molecule has 8 nitrogen and oxygen atoms in total. The molecule has 178 valence electrons. The molecule has 4 aromatic rings. The van der Waals surface area contributed by atoms with Crippen LogP contribution in [0, 0.1) is 0 Å². The molecule has 0 saturated carbocycles. The quantitative estimate of drug-likeness (QED) is 0.303. The average molecular weight is 497 g/mol. The Morgan fingerprint density at radius 3 is 1.35 bits per heavy atom. The molecule has 2 heterocycles. The number of nitrogens with two attached hydrogens (primary N) is 2. The van der Waals surface area contributed by atoms with Crippen molar-refractivity contribution in [1.82, 2.24) is 19.1 Å². The zero-order valence-corrected chi connectivity index (χ0v) is 21.2. The Balaban J connectivity index is 1.63. The Morgan fingerprint density at radius 2 is 1.03 bits per heavy atom. The van der Waals surface area contributed by atoms with Crippen LogP contribution in [0.1, 0.15) is 13.8 Å². The Kier molecular flexibility index (Phi) is 7.28. The van der Waals surface area contributed by atoms with E-state index in [-0.39, 0.29) is 0 Å². The van der Waals surface area contributed by atoms with Crippen molar-refractivity contribution in [3.63, 3.8) is 0 Å². The molecule has 4 rings (SSSR count). The molecule has 2 aromatic carbocycles. The highest BCUT2D eigenvalue weighted by molar-refractivity contribution is 8.76. The van der Waals surface area contributed by atoms with Gasteiger partial charge in [-0.3, -0.25) is 0 Å². The van der Waals surface area contributed by atoms with E-state index in [1.165, 1.54) is 0 Å². The lowest BCUT2D eigenvalue weighted by atomic mass is 10.1. The summed E-state index contributed by atoms with van der Waals surface area (Å²) in [5.74, 6) is 2.54. The molecule has 10 heteroatoms. The van der Waals surface area contributed by atoms with E-state index in [4.69, 9.17) is 20.9 Å². The summed E-state index contributed by atoms with van der Waals surface area (Å²) in [5.41, 5.74) is 15.9. The molecule has 0 aliphatic heterocycles. The van der Waals surface area contributed by atoms with Gasteiger partial charge in [0, 0.05) is 25.2 Å². The summed E-state index contributed by atoms with van der Waals surface area (Å²) < 4.78 is 14.9. The van der Waals surface area contributed by atoms with E-state index in [1.54, 1.807) is 21.6 Å². The fraction of sp³-hybridized carbons (Fsp3) is 0.250. The first-order chi connectivity index (χ1) is 16.4. The van der Waals surface area contributed by atoms with Crippen LogP contribution in [0.2, 0.25) is 0 Å². The summed E-state index contributed by atoms with van der Waals surface area (Å²) in [7, 11) is 6.96. The average Bonchev–Trinajstić information content (AvgIpc) is 3.29. The van der Waals surface area contributed by atoms with Crippen molar-refractivity contribution in [2.75, 3.05) is 24.7 Å². The first-order valence-corrected chi connectivity index (χ1v) is 13.0. The van der Waals surface area contributed by atoms with Gasteiger partial charge in [-0.2, -0.15) is 0 Å². The molecule has 0 bridgehead atoms. The second kappa shape index (κ2) is 10.4. The molecule has 0 amide bonds. The molecule has 0 spiro atoms. The van der Waals surface area contributed by atoms with Gasteiger partial charge in [-0.1, -0.05) is 0 Å². The predicted molar refractivity (Wildman–Crippen MR) is 140 cm³/mol. The van der Waals surface area contributed by atoms with Crippen molar-refractivity contribution < 1.29 is 9.47 Å². The zero-order chi connectivity index (χ0) is 24.2. The summed E-state index contributed by atoms with van der Waals surface area (Å²) in [5, 5.41) is 1.87. The van der Waals surface area contributed by atoms with Gasteiger partial charge in [0.2, 0.25) is 11.9 Å². The predicted octanol–water partition coefficient (Wildman–Crippen LogP) is 5.25. The highest BCUT2D eigenvalue weighted by Crippen LogP contribution is 2.46. The molecular formula is C24H28N6O2S2. The lowest BCUT2D eigenvalue weighted by Gasteiger charge is -2.09. The monoisotopic (exact) mass is 496 g/mol. The number of aromatic nitrogens is 4. The first kappa shape index (κ1) is 23.9. The third-order valence-corrected chi connectivity index (χ3v) is 7.76. The van der Waals surface area contributed by atoms with Crippen LogP contribution in [0.5, 0.6) is 11.5 Å². The van der Waals surface area contributed by atoms with Crippen LogP contribution in [0.15, 0.2) is 58.6 Å². The number of hydrogen-bond acceptors (Lipinski definition) is 8. The number of nitrogen functional groups attached to an aromatic ring is 2. The molecule has 0 aliphatic rings. The standard InChI is InChI=1S/C24H28N6O2S2/c1-5-31-17-11-7-15(8-12-17)19-21(29(3)23(25)27-19)33-34-22-20(28-24(26)30(22)4)16-9-13-18(14-10-16)32-6-2/h7-14H,5-6H2,1-4H3,(H2,25,27)(H2,26,28). The number of rotatable bonds is 9. The first-order valence-electron chi connectivity index (χ1n) is 10.9. The zero-order valence-electron chi connectivity index (χ0n) is 19.6. The van der Waals surface area contributed by atoms with Gasteiger partial charge < -0.3 is 30.1 Å². The van der Waals surface area contributed by atoms with Crippen LogP contribution >= 0.6 is 21.6 Å². The largest absolute Gasteiger partial charge is 0.494 e. The number of hydrogen-bond donors (Lipinski definition) is 2. The SMILES string of the molecule is CCOc1ccc(-c2nc(N)n(C)c2SSc2c(-c3ccc(OCC)cc3)nc(N)n2C)cc1. The summed E-state index contributed by atoms with van der Waals surface area (Å²) in [6, 6.07) is 15.7. The number of ether oxygens (including phenoxy) is 2. The van der Waals surface area contributed by atoms with Crippen molar-refractivity contribution in [2.45, 2.75) is 23.9 Å². The summed E-state index contributed by atoms with van der Waals surface area (Å²) in [6.07, 6.45) is 0. The van der Waals surface area contributed by atoms with Gasteiger partial charge in [-0.15, -0.1) is 0 Å². The maximum atomic E-state index is 6.17. The lowest BCUT2D eigenvalue weighted by molar-refractivity contribution is 0.340. The minimum Gasteiger partial charge on any atom is -0.494 e. The fourth-order valence-electron chi connectivity index (χ4n) is 3.40. The van der Waals surface area contributed by atoms with E-state index >= 15 is 0 Å². The van der Waals surface area contributed by atoms with Gasteiger partial charge in [-0.05, 0) is 84.0 Å². The van der Waals surface area contributed by atoms with Gasteiger partial charge in [-0.25, -0.2) is 9.97 Å². The van der Waals surface area contributed by atoms with Crippen molar-refractivity contribution in [1.29, 1.82) is 0 Å². The Morgan fingerprint density at radius 1 is 0.676 bits per heavy atom. The van der Waals surface area contributed by atoms with Crippen LogP contribution in [0.4, 0.5) is 11.9 Å². The van der Waals surface area contributed by atoms with Gasteiger partial charge in [0.25, 0.3) is 0 Å². The molecule has 0 unspecified atom stereocenters. The van der Waals surface area contributed by atoms with Gasteiger partial charge in [0.05, 0.1) is 13.2 Å². The number of anilines is 2. The van der Waals surface area contributed by atoms with E-state index in [0.717, 1.165) is 44.1 Å². The van der Waals surface area contributed by atoms with E-state index in [0.29, 0.717) is 25.1 Å². The molecule has 2 aromatic heterocycles. The fourth-order valence-corrected chi connectivity index (χ4v) is 6.07. The molecular weight excluding hydrogens is 468 g/mol. The molecule has 4 N–H and O–H groups in total. The second-order valence-electron chi connectivity index (χ2n) is 7.45. The van der Waals surface area contributed by atoms with Crippen molar-refractivity contribution in [3.8, 4) is 34.0 Å². The van der Waals surface area contributed by atoms with Crippen molar-refractivity contribution in [2.24, 2.45) is 14.1 Å². The number of imidazole rings is 2. The van der Waals surface area contributed by atoms with Crippen molar-refractivity contribution in [3.05, 3.63) is 48.5 Å². The maximum Gasteiger partial charge on any atom is 0.201 e. The molecule has 0 saturated heterocycles. The van der Waals surface area contributed by atoms with Crippen LogP contribution in [0.3, 0.4) is 0 Å². The van der Waals surface area contributed by atoms with Gasteiger partial charge in [0.1, 0.15) is 32.9 Å². The number of benzene rings is 2. The molecule has 0 aliphatic carbocycles. The maximum absolute atomic E-state index is 6.17. The highest BCUT2D eigenvalue weighted by Gasteiger charge is 2.20. The normalized spacial score (nSPS) is 11.1. The molecule has 0 radical (unpaired) electrons. The van der Waals surface area contributed by atoms with Gasteiger partial charge in [0.15, 0.2) is 0 Å². The van der Waals surface area contributed by atoms with Crippen molar-refractivity contribution >= 4 is 33.5 Å².